The second-order valence-corrected chi connectivity index (χ2v) is 9.85. The minimum Gasteiger partial charge on any atom is -0.324 e. The Morgan fingerprint density at radius 3 is 2.58 bits per heavy atom. The molecule has 2 aromatic carbocycles. The van der Waals surface area contributed by atoms with Gasteiger partial charge >= 0.3 is 0 Å². The Labute approximate surface area is 183 Å². The van der Waals surface area contributed by atoms with E-state index in [1.807, 2.05) is 6.92 Å². The van der Waals surface area contributed by atoms with E-state index in [0.717, 1.165) is 4.90 Å². The molecule has 158 valence electrons. The van der Waals surface area contributed by atoms with Crippen LogP contribution in [0.2, 0.25) is 0 Å². The van der Waals surface area contributed by atoms with Gasteiger partial charge in [0.25, 0.3) is 15.9 Å². The number of rotatable bonds is 5. The summed E-state index contributed by atoms with van der Waals surface area (Å²) in [6, 6.07) is 14.1. The van der Waals surface area contributed by atoms with Crippen LogP contribution in [0.25, 0.3) is 0 Å². The van der Waals surface area contributed by atoms with Gasteiger partial charge in [-0.15, -0.1) is 11.8 Å². The summed E-state index contributed by atoms with van der Waals surface area (Å²) in [6.07, 6.45) is 2.96. The zero-order chi connectivity index (χ0) is 22.0. The lowest BCUT2D eigenvalue weighted by Gasteiger charge is -2.21. The van der Waals surface area contributed by atoms with Gasteiger partial charge in [-0.25, -0.2) is 8.42 Å². The number of thioether (sulfide) groups is 1. The number of nitrogens with zero attached hydrogens (tertiary/aromatic N) is 1. The van der Waals surface area contributed by atoms with Crippen LogP contribution in [0.1, 0.15) is 17.3 Å². The molecule has 1 aliphatic rings. The van der Waals surface area contributed by atoms with Crippen LogP contribution in [0, 0.1) is 0 Å². The molecular formula is C21H18N4O4S2. The van der Waals surface area contributed by atoms with Crippen LogP contribution >= 0.6 is 11.8 Å². The maximum absolute atomic E-state index is 12.6. The lowest BCUT2D eigenvalue weighted by Crippen LogP contribution is -2.26. The predicted octanol–water partition coefficient (Wildman–Crippen LogP) is 3.57. The molecule has 0 saturated carbocycles. The highest BCUT2D eigenvalue weighted by Gasteiger charge is 2.24. The van der Waals surface area contributed by atoms with E-state index >= 15 is 0 Å². The summed E-state index contributed by atoms with van der Waals surface area (Å²) in [5.41, 5.74) is 1.77. The van der Waals surface area contributed by atoms with Crippen molar-refractivity contribution in [3.05, 3.63) is 72.6 Å². The zero-order valence-corrected chi connectivity index (χ0v) is 18.0. The molecule has 1 unspecified atom stereocenters. The first kappa shape index (κ1) is 20.9. The molecule has 2 amide bonds. The van der Waals surface area contributed by atoms with Crippen molar-refractivity contribution in [2.75, 3.05) is 15.4 Å². The third-order valence-electron chi connectivity index (χ3n) is 4.51. The molecule has 3 aromatic rings. The second-order valence-electron chi connectivity index (χ2n) is 6.79. The molecule has 1 atom stereocenters. The number of carbonyl (C=O) groups excluding carboxylic acids is 2. The van der Waals surface area contributed by atoms with Gasteiger partial charge in [0.1, 0.15) is 0 Å². The summed E-state index contributed by atoms with van der Waals surface area (Å²) in [6.45, 7) is 1.82. The number of carbonyl (C=O) groups is 2. The highest BCUT2D eigenvalue weighted by atomic mass is 32.2. The Bertz CT molecular complexity index is 1250. The maximum atomic E-state index is 12.6. The standard InChI is InChI=1S/C21H18N4O4S2/c1-13-20(26)24-18-11-14(4-9-19(18)30-13)21(27)23-15-5-7-17(8-6-15)31(28,29)25-16-3-2-10-22-12-16/h2-13,25H,1H3,(H,23,27)(H,24,26). The first-order valence-electron chi connectivity index (χ1n) is 9.28. The van der Waals surface area contributed by atoms with E-state index in [4.69, 9.17) is 0 Å². The molecule has 2 heterocycles. The molecule has 4 rings (SSSR count). The molecular weight excluding hydrogens is 436 g/mol. The van der Waals surface area contributed by atoms with Gasteiger partial charge in [-0.2, -0.15) is 0 Å². The van der Waals surface area contributed by atoms with E-state index in [1.54, 1.807) is 36.5 Å². The van der Waals surface area contributed by atoms with E-state index < -0.39 is 10.0 Å². The summed E-state index contributed by atoms with van der Waals surface area (Å²) in [7, 11) is -3.78. The largest absolute Gasteiger partial charge is 0.324 e. The van der Waals surface area contributed by atoms with Crippen molar-refractivity contribution in [1.82, 2.24) is 4.98 Å². The molecule has 0 radical (unpaired) electrons. The molecule has 0 aliphatic carbocycles. The second kappa shape index (κ2) is 8.40. The third kappa shape index (κ3) is 4.70. The highest BCUT2D eigenvalue weighted by molar-refractivity contribution is 8.01. The Hall–Kier alpha value is -3.37. The van der Waals surface area contributed by atoms with Crippen LogP contribution in [0.15, 0.2) is 76.8 Å². The van der Waals surface area contributed by atoms with Crippen molar-refractivity contribution >= 4 is 50.7 Å². The number of benzene rings is 2. The maximum Gasteiger partial charge on any atom is 0.261 e. The molecule has 31 heavy (non-hydrogen) atoms. The number of pyridine rings is 1. The van der Waals surface area contributed by atoms with Crippen molar-refractivity contribution in [1.29, 1.82) is 0 Å². The molecule has 0 fully saturated rings. The van der Waals surface area contributed by atoms with Crippen molar-refractivity contribution in [3.8, 4) is 0 Å². The fourth-order valence-electron chi connectivity index (χ4n) is 2.91. The lowest BCUT2D eigenvalue weighted by molar-refractivity contribution is -0.115. The van der Waals surface area contributed by atoms with Crippen LogP contribution < -0.4 is 15.4 Å². The Balaban J connectivity index is 1.46. The summed E-state index contributed by atoms with van der Waals surface area (Å²) in [5, 5.41) is 5.34. The van der Waals surface area contributed by atoms with Crippen molar-refractivity contribution in [2.24, 2.45) is 0 Å². The summed E-state index contributed by atoms with van der Waals surface area (Å²) in [4.78, 5) is 29.3. The molecule has 3 N–H and O–H groups in total. The smallest absolute Gasteiger partial charge is 0.261 e. The monoisotopic (exact) mass is 454 g/mol. The molecule has 0 bridgehead atoms. The van der Waals surface area contributed by atoms with Crippen LogP contribution in [0.5, 0.6) is 0 Å². The van der Waals surface area contributed by atoms with E-state index in [-0.39, 0.29) is 22.0 Å². The van der Waals surface area contributed by atoms with Gasteiger partial charge in [-0.1, -0.05) is 0 Å². The normalized spacial score (nSPS) is 15.5. The number of sulfonamides is 1. The van der Waals surface area contributed by atoms with Gasteiger partial charge in [-0.3, -0.25) is 19.3 Å². The van der Waals surface area contributed by atoms with Crippen molar-refractivity contribution in [3.63, 3.8) is 0 Å². The van der Waals surface area contributed by atoms with Crippen LogP contribution in [-0.4, -0.2) is 30.5 Å². The van der Waals surface area contributed by atoms with Gasteiger partial charge in [-0.05, 0) is 61.5 Å². The first-order valence-corrected chi connectivity index (χ1v) is 11.6. The number of nitrogens with one attached hydrogen (secondary N) is 3. The molecule has 0 saturated heterocycles. The number of fused-ring (bicyclic) bond motifs is 1. The van der Waals surface area contributed by atoms with Gasteiger partial charge in [0.05, 0.1) is 27.7 Å². The van der Waals surface area contributed by atoms with Crippen molar-refractivity contribution in [2.45, 2.75) is 22.0 Å². The van der Waals surface area contributed by atoms with E-state index in [9.17, 15) is 18.0 Å². The van der Waals surface area contributed by atoms with E-state index in [2.05, 4.69) is 20.3 Å². The van der Waals surface area contributed by atoms with Crippen LogP contribution in [-0.2, 0) is 14.8 Å². The molecule has 1 aliphatic heterocycles. The highest BCUT2D eigenvalue weighted by Crippen LogP contribution is 2.36. The first-order chi connectivity index (χ1) is 14.8. The molecule has 1 aromatic heterocycles. The fraction of sp³-hybridized carbons (Fsp3) is 0.0952. The van der Waals surface area contributed by atoms with Gasteiger partial charge < -0.3 is 10.6 Å². The number of aromatic nitrogens is 1. The Kier molecular flexibility index (Phi) is 5.66. The molecule has 8 nitrogen and oxygen atoms in total. The van der Waals surface area contributed by atoms with Gasteiger partial charge in [0.2, 0.25) is 5.91 Å². The number of amides is 2. The predicted molar refractivity (Wildman–Crippen MR) is 120 cm³/mol. The van der Waals surface area contributed by atoms with Gasteiger partial charge in [0, 0.05) is 22.3 Å². The third-order valence-corrected chi connectivity index (χ3v) is 7.08. The van der Waals surface area contributed by atoms with E-state index in [1.165, 1.54) is 42.2 Å². The lowest BCUT2D eigenvalue weighted by atomic mass is 10.1. The minimum absolute atomic E-state index is 0.0528. The minimum atomic E-state index is -3.78. The summed E-state index contributed by atoms with van der Waals surface area (Å²) >= 11 is 1.44. The number of hydrogen-bond donors (Lipinski definition) is 3. The quantitative estimate of drug-likeness (QED) is 0.543. The topological polar surface area (TPSA) is 117 Å². The number of hydrogen-bond acceptors (Lipinski definition) is 6. The van der Waals surface area contributed by atoms with Crippen LogP contribution in [0.4, 0.5) is 17.1 Å². The SMILES string of the molecule is CC1Sc2ccc(C(=O)Nc3ccc(S(=O)(=O)Nc4cccnc4)cc3)cc2NC1=O. The fourth-order valence-corrected chi connectivity index (χ4v) is 4.88. The van der Waals surface area contributed by atoms with Gasteiger partial charge in [0.15, 0.2) is 0 Å². The zero-order valence-electron chi connectivity index (χ0n) is 16.3. The summed E-state index contributed by atoms with van der Waals surface area (Å²) < 4.78 is 27.4. The molecule has 0 spiro atoms. The average molecular weight is 455 g/mol. The average Bonchev–Trinajstić information content (AvgIpc) is 2.75. The van der Waals surface area contributed by atoms with E-state index in [0.29, 0.717) is 22.6 Å². The molecule has 10 heteroatoms. The summed E-state index contributed by atoms with van der Waals surface area (Å²) in [5.74, 6) is -0.475. The van der Waals surface area contributed by atoms with Crippen LogP contribution in [0.3, 0.4) is 0 Å². The Morgan fingerprint density at radius 1 is 1.10 bits per heavy atom. The number of anilines is 3. The Morgan fingerprint density at radius 2 is 1.87 bits per heavy atom. The van der Waals surface area contributed by atoms with Crippen molar-refractivity contribution < 1.29 is 18.0 Å².